The van der Waals surface area contributed by atoms with Gasteiger partial charge in [-0.1, -0.05) is 20.8 Å². The lowest BCUT2D eigenvalue weighted by Crippen LogP contribution is -2.43. The lowest BCUT2D eigenvalue weighted by Gasteiger charge is -2.32. The molecule has 0 aromatic rings. The van der Waals surface area contributed by atoms with Crippen molar-refractivity contribution in [3.63, 3.8) is 0 Å². The molecule has 0 aromatic carbocycles. The van der Waals surface area contributed by atoms with Crippen LogP contribution in [0.1, 0.15) is 48.0 Å². The van der Waals surface area contributed by atoms with E-state index in [2.05, 4.69) is 51.3 Å². The van der Waals surface area contributed by atoms with Gasteiger partial charge in [0.2, 0.25) is 0 Å². The normalized spacial score (nSPS) is 29.1. The van der Waals surface area contributed by atoms with Gasteiger partial charge in [0.15, 0.2) is 0 Å². The van der Waals surface area contributed by atoms with Gasteiger partial charge in [0, 0.05) is 18.5 Å². The van der Waals surface area contributed by atoms with Crippen molar-refractivity contribution in [2.45, 2.75) is 59.7 Å². The van der Waals surface area contributed by atoms with Crippen molar-refractivity contribution in [2.75, 3.05) is 6.54 Å². The monoisotopic (exact) mass is 208 g/mol. The number of hydrogen-bond donors (Lipinski definition) is 0. The van der Waals surface area contributed by atoms with Crippen molar-refractivity contribution >= 4 is 0 Å². The average Bonchev–Trinajstić information content (AvgIpc) is 2.44. The van der Waals surface area contributed by atoms with Crippen LogP contribution >= 0.6 is 0 Å². The molecule has 1 fully saturated rings. The topological polar surface area (TPSA) is 7.60 Å². The van der Waals surface area contributed by atoms with E-state index in [1.54, 1.807) is 0 Å². The van der Waals surface area contributed by atoms with Crippen molar-refractivity contribution in [1.29, 1.82) is 0 Å². The van der Waals surface area contributed by atoms with Crippen LogP contribution in [0.2, 0.25) is 0 Å². The zero-order chi connectivity index (χ0) is 11.9. The number of likely N-dealkylation sites (tertiary alicyclic amines) is 1. The molecule has 0 aromatic heterocycles. The summed E-state index contributed by atoms with van der Waals surface area (Å²) < 4.78 is 0. The maximum atomic E-state index is 7.29. The quantitative estimate of drug-likeness (QED) is 0.554. The number of hydrogen-bond acceptors (Lipinski definition) is 1. The van der Waals surface area contributed by atoms with Crippen molar-refractivity contribution < 1.29 is 0 Å². The SMILES string of the molecule is [C-]#[N+][C@@H]1CC(C(C)(C)C)CN1C(C)(C)C. The Morgan fingerprint density at radius 2 is 1.67 bits per heavy atom. The first-order valence-corrected chi connectivity index (χ1v) is 5.79. The molecule has 0 bridgehead atoms. The predicted octanol–water partition coefficient (Wildman–Crippen LogP) is 3.40. The molecule has 0 spiro atoms. The zero-order valence-corrected chi connectivity index (χ0v) is 11.0. The molecule has 1 aliphatic rings. The van der Waals surface area contributed by atoms with Gasteiger partial charge in [-0.3, -0.25) is 4.85 Å². The third-order valence-corrected chi connectivity index (χ3v) is 3.51. The van der Waals surface area contributed by atoms with E-state index >= 15 is 0 Å². The summed E-state index contributed by atoms with van der Waals surface area (Å²) in [4.78, 5) is 6.13. The van der Waals surface area contributed by atoms with Gasteiger partial charge < -0.3 is 0 Å². The summed E-state index contributed by atoms with van der Waals surface area (Å²) in [6.07, 6.45) is 1.12. The third-order valence-electron chi connectivity index (χ3n) is 3.51. The molecular weight excluding hydrogens is 184 g/mol. The van der Waals surface area contributed by atoms with E-state index in [9.17, 15) is 0 Å². The first kappa shape index (κ1) is 12.5. The minimum absolute atomic E-state index is 0.0919. The molecule has 0 radical (unpaired) electrons. The van der Waals surface area contributed by atoms with Crippen molar-refractivity contribution in [2.24, 2.45) is 11.3 Å². The largest absolute Gasteiger partial charge is 0.296 e. The highest BCUT2D eigenvalue weighted by molar-refractivity contribution is 4.98. The van der Waals surface area contributed by atoms with E-state index < -0.39 is 0 Å². The lowest BCUT2D eigenvalue weighted by atomic mass is 9.80. The molecule has 0 saturated carbocycles. The number of nitrogens with zero attached hydrogens (tertiary/aromatic N) is 2. The van der Waals surface area contributed by atoms with Crippen LogP contribution in [0.4, 0.5) is 0 Å². The van der Waals surface area contributed by atoms with Gasteiger partial charge in [-0.2, -0.15) is 0 Å². The molecule has 2 heteroatoms. The van der Waals surface area contributed by atoms with Gasteiger partial charge in [0.1, 0.15) is 0 Å². The third kappa shape index (κ3) is 2.72. The van der Waals surface area contributed by atoms with E-state index in [1.807, 2.05) is 0 Å². The Kier molecular flexibility index (Phi) is 3.16. The summed E-state index contributed by atoms with van der Waals surface area (Å²) in [6.45, 7) is 21.8. The summed E-state index contributed by atoms with van der Waals surface area (Å²) in [7, 11) is 0. The Morgan fingerprint density at radius 3 is 1.93 bits per heavy atom. The second kappa shape index (κ2) is 3.79. The van der Waals surface area contributed by atoms with Crippen LogP contribution in [-0.4, -0.2) is 23.1 Å². The first-order valence-electron chi connectivity index (χ1n) is 5.79. The van der Waals surface area contributed by atoms with E-state index in [1.165, 1.54) is 0 Å². The maximum Gasteiger partial charge on any atom is 0.280 e. The van der Waals surface area contributed by atoms with Gasteiger partial charge in [-0.05, 0) is 32.1 Å². The van der Waals surface area contributed by atoms with Crippen LogP contribution in [0.3, 0.4) is 0 Å². The second-order valence-electron chi connectivity index (χ2n) is 6.73. The molecule has 0 aliphatic carbocycles. The molecule has 1 heterocycles. The number of rotatable bonds is 0. The molecule has 0 N–H and O–H groups in total. The Labute approximate surface area is 94.5 Å². The van der Waals surface area contributed by atoms with Crippen LogP contribution < -0.4 is 0 Å². The predicted molar refractivity (Wildman–Crippen MR) is 64.4 cm³/mol. The minimum atomic E-state index is 0.0919. The standard InChI is InChI=1S/C13H24N2/c1-12(2,3)10-8-11(14-7)15(9-10)13(4,5)6/h10-11H,8-9H2,1-6H3/t10?,11-/m0/s1. The van der Waals surface area contributed by atoms with E-state index in [0.29, 0.717) is 11.3 Å². The van der Waals surface area contributed by atoms with E-state index in [0.717, 1.165) is 13.0 Å². The van der Waals surface area contributed by atoms with E-state index in [4.69, 9.17) is 6.57 Å². The Bertz CT molecular complexity index is 262. The Hall–Kier alpha value is -0.550. The van der Waals surface area contributed by atoms with Gasteiger partial charge in [-0.25, -0.2) is 11.5 Å². The highest BCUT2D eigenvalue weighted by Crippen LogP contribution is 2.39. The van der Waals surface area contributed by atoms with Gasteiger partial charge in [-0.15, -0.1) is 0 Å². The smallest absolute Gasteiger partial charge is 0.280 e. The Balaban J connectivity index is 2.82. The van der Waals surface area contributed by atoms with E-state index in [-0.39, 0.29) is 11.7 Å². The van der Waals surface area contributed by atoms with Crippen LogP contribution in [0.25, 0.3) is 4.85 Å². The Morgan fingerprint density at radius 1 is 1.13 bits per heavy atom. The summed E-state index contributed by atoms with van der Waals surface area (Å²) in [5, 5.41) is 0. The molecule has 1 unspecified atom stereocenters. The van der Waals surface area contributed by atoms with Crippen molar-refractivity contribution in [1.82, 2.24) is 4.90 Å². The fourth-order valence-electron chi connectivity index (χ4n) is 2.29. The summed E-state index contributed by atoms with van der Waals surface area (Å²) >= 11 is 0. The first-order chi connectivity index (χ1) is 6.66. The summed E-state index contributed by atoms with van der Waals surface area (Å²) in [6, 6.07) is 0. The van der Waals surface area contributed by atoms with Crippen LogP contribution in [0.5, 0.6) is 0 Å². The van der Waals surface area contributed by atoms with Gasteiger partial charge in [0.25, 0.3) is 6.17 Å². The summed E-state index contributed by atoms with van der Waals surface area (Å²) in [5.74, 6) is 0.649. The lowest BCUT2D eigenvalue weighted by molar-refractivity contribution is 0.127. The molecule has 2 atom stereocenters. The zero-order valence-electron chi connectivity index (χ0n) is 11.0. The molecule has 0 amide bonds. The fourth-order valence-corrected chi connectivity index (χ4v) is 2.29. The van der Waals surface area contributed by atoms with Crippen LogP contribution in [0.15, 0.2) is 0 Å². The average molecular weight is 208 g/mol. The highest BCUT2D eigenvalue weighted by Gasteiger charge is 2.45. The molecule has 86 valence electrons. The highest BCUT2D eigenvalue weighted by atomic mass is 15.3. The fraction of sp³-hybridized carbons (Fsp3) is 0.923. The molecule has 1 saturated heterocycles. The van der Waals surface area contributed by atoms with Gasteiger partial charge in [0.05, 0.1) is 0 Å². The van der Waals surface area contributed by atoms with Crippen LogP contribution in [0, 0.1) is 17.9 Å². The molecule has 2 nitrogen and oxygen atoms in total. The van der Waals surface area contributed by atoms with Gasteiger partial charge >= 0.3 is 0 Å². The molecule has 15 heavy (non-hydrogen) atoms. The molecular formula is C13H24N2. The van der Waals surface area contributed by atoms with Crippen molar-refractivity contribution in [3.8, 4) is 0 Å². The molecule has 1 rings (SSSR count). The minimum Gasteiger partial charge on any atom is -0.296 e. The van der Waals surface area contributed by atoms with Crippen molar-refractivity contribution in [3.05, 3.63) is 11.4 Å². The second-order valence-corrected chi connectivity index (χ2v) is 6.73. The molecule has 1 aliphatic heterocycles. The van der Waals surface area contributed by atoms with Crippen LogP contribution in [-0.2, 0) is 0 Å². The summed E-state index contributed by atoms with van der Waals surface area (Å²) in [5.41, 5.74) is 0.443. The maximum absolute atomic E-state index is 7.29.